The number of aliphatic hydroxyl groups excluding tert-OH is 1. The average Bonchev–Trinajstić information content (AvgIpc) is 2.54. The van der Waals surface area contributed by atoms with Gasteiger partial charge < -0.3 is 5.11 Å². The second-order valence-corrected chi connectivity index (χ2v) is 5.01. The maximum Gasteiger partial charge on any atom is 0.163 e. The number of rotatable bonds is 2. The van der Waals surface area contributed by atoms with Gasteiger partial charge in [0.05, 0.1) is 15.6 Å². The first-order valence-electron chi connectivity index (χ1n) is 5.72. The Hall–Kier alpha value is -1.51. The fourth-order valence-electron chi connectivity index (χ4n) is 2.13. The molecule has 0 atom stereocenters. The summed E-state index contributed by atoms with van der Waals surface area (Å²) in [5.74, 6) is -0.362. The molecule has 2 rings (SSSR count). The lowest BCUT2D eigenvalue weighted by atomic mass is 10.0. The Morgan fingerprint density at radius 2 is 1.47 bits per heavy atom. The van der Waals surface area contributed by atoms with Crippen LogP contribution in [0.25, 0.3) is 16.7 Å². The van der Waals surface area contributed by atoms with Crippen LogP contribution in [0.4, 0.5) is 0 Å². The molecule has 0 bridgehead atoms. The minimum absolute atomic E-state index is 0.0871. The molecule has 0 unspecified atom stereocenters. The predicted octanol–water partition coefficient (Wildman–Crippen LogP) is 4.98. The number of allylic oxidation sites excluding steroid dienone is 2. The normalized spacial score (nSPS) is 12.4. The summed E-state index contributed by atoms with van der Waals surface area (Å²) in [5, 5.41) is 10.5. The first-order chi connectivity index (χ1) is 8.95. The highest BCUT2D eigenvalue weighted by atomic mass is 35.5. The number of Topliss-reactive ketones (excluding diaryl/α,β-unsaturated/α-hetero) is 1. The van der Waals surface area contributed by atoms with Crippen LogP contribution in [0.1, 0.15) is 19.4 Å². The van der Waals surface area contributed by atoms with Gasteiger partial charge >= 0.3 is 0 Å². The fourth-order valence-corrected chi connectivity index (χ4v) is 2.88. The Bertz CT molecular complexity index is 619. The molecular formula is C15H12Cl2O2. The zero-order chi connectivity index (χ0) is 14.2. The molecule has 2 aliphatic rings. The van der Waals surface area contributed by atoms with Gasteiger partial charge in [0.1, 0.15) is 5.76 Å². The SMILES string of the molecule is CC(=O)/C(=C(\C)O)c1c(Cl)c2cccccc-2c1Cl. The second kappa shape index (κ2) is 5.24. The van der Waals surface area contributed by atoms with Crippen molar-refractivity contribution < 1.29 is 9.90 Å². The number of hydrogen-bond acceptors (Lipinski definition) is 2. The zero-order valence-corrected chi connectivity index (χ0v) is 12.0. The third-order valence-corrected chi connectivity index (χ3v) is 3.70. The van der Waals surface area contributed by atoms with Gasteiger partial charge in [0.2, 0.25) is 0 Å². The minimum Gasteiger partial charge on any atom is -0.512 e. The molecule has 2 aliphatic carbocycles. The van der Waals surface area contributed by atoms with Gasteiger partial charge in [-0.3, -0.25) is 4.79 Å². The maximum atomic E-state index is 11.7. The molecule has 0 aromatic carbocycles. The number of carbonyl (C=O) groups excluding carboxylic acids is 1. The molecule has 1 N–H and O–H groups in total. The minimum atomic E-state index is -0.275. The number of aliphatic hydroxyl groups is 1. The number of halogens is 2. The van der Waals surface area contributed by atoms with Gasteiger partial charge in [0, 0.05) is 16.7 Å². The summed E-state index contributed by atoms with van der Waals surface area (Å²) < 4.78 is 0. The van der Waals surface area contributed by atoms with Crippen LogP contribution in [0, 0.1) is 0 Å². The van der Waals surface area contributed by atoms with E-state index in [1.54, 1.807) is 0 Å². The van der Waals surface area contributed by atoms with Gasteiger partial charge in [0.15, 0.2) is 5.78 Å². The summed E-state index contributed by atoms with van der Waals surface area (Å²) in [6.07, 6.45) is 0. The van der Waals surface area contributed by atoms with E-state index in [9.17, 15) is 9.90 Å². The third-order valence-electron chi connectivity index (χ3n) is 2.91. The fraction of sp³-hybridized carbons (Fsp3) is 0.133. The van der Waals surface area contributed by atoms with E-state index < -0.39 is 0 Å². The molecule has 0 spiro atoms. The van der Waals surface area contributed by atoms with Gasteiger partial charge in [-0.15, -0.1) is 0 Å². The van der Waals surface area contributed by atoms with Gasteiger partial charge in [-0.2, -0.15) is 0 Å². The van der Waals surface area contributed by atoms with Crippen LogP contribution in [-0.4, -0.2) is 10.9 Å². The largest absolute Gasteiger partial charge is 0.512 e. The molecular weight excluding hydrogens is 283 g/mol. The van der Waals surface area contributed by atoms with Gasteiger partial charge in [0.25, 0.3) is 0 Å². The Kier molecular flexibility index (Phi) is 3.83. The first-order valence-corrected chi connectivity index (χ1v) is 6.47. The standard InChI is InChI=1S/C15H12Cl2O2/c1-8(18)12(9(2)19)13-14(16)10-6-4-3-5-7-11(10)15(13)17/h3-7,18H,1-2H3/b12-8-. The van der Waals surface area contributed by atoms with E-state index in [0.29, 0.717) is 15.6 Å². The van der Waals surface area contributed by atoms with Crippen molar-refractivity contribution in [3.63, 3.8) is 0 Å². The molecule has 2 nitrogen and oxygen atoms in total. The van der Waals surface area contributed by atoms with Crippen molar-refractivity contribution in [3.05, 3.63) is 51.7 Å². The Morgan fingerprint density at radius 3 is 1.84 bits per heavy atom. The van der Waals surface area contributed by atoms with E-state index in [1.807, 2.05) is 30.3 Å². The van der Waals surface area contributed by atoms with Crippen molar-refractivity contribution in [1.29, 1.82) is 0 Å². The molecule has 0 aliphatic heterocycles. The quantitative estimate of drug-likeness (QED) is 0.627. The summed E-state index contributed by atoms with van der Waals surface area (Å²) in [4.78, 5) is 11.7. The first kappa shape index (κ1) is 13.9. The van der Waals surface area contributed by atoms with Crippen LogP contribution in [0.2, 0.25) is 10.0 Å². The van der Waals surface area contributed by atoms with Crippen molar-refractivity contribution in [1.82, 2.24) is 0 Å². The van der Waals surface area contributed by atoms with Crippen molar-refractivity contribution in [2.45, 2.75) is 13.8 Å². The number of fused-ring (bicyclic) bond motifs is 1. The van der Waals surface area contributed by atoms with Crippen LogP contribution in [0.15, 0.2) is 36.1 Å². The molecule has 0 saturated heterocycles. The summed E-state index contributed by atoms with van der Waals surface area (Å²) in [7, 11) is 0. The maximum absolute atomic E-state index is 11.7. The number of hydrogen-bond donors (Lipinski definition) is 1. The van der Waals surface area contributed by atoms with Crippen LogP contribution < -0.4 is 0 Å². The molecule has 0 aromatic rings. The average molecular weight is 295 g/mol. The van der Waals surface area contributed by atoms with Gasteiger partial charge in [-0.25, -0.2) is 0 Å². The summed E-state index contributed by atoms with van der Waals surface area (Å²) in [5.41, 5.74) is 2.07. The highest BCUT2D eigenvalue weighted by Crippen LogP contribution is 2.46. The molecule has 0 aromatic heterocycles. The second-order valence-electron chi connectivity index (χ2n) is 4.26. The van der Waals surface area contributed by atoms with Crippen LogP contribution >= 0.6 is 23.2 Å². The van der Waals surface area contributed by atoms with E-state index in [4.69, 9.17) is 23.2 Å². The monoisotopic (exact) mass is 294 g/mol. The Labute approximate surface area is 121 Å². The molecule has 4 heteroatoms. The predicted molar refractivity (Wildman–Crippen MR) is 79.0 cm³/mol. The van der Waals surface area contributed by atoms with E-state index in [-0.39, 0.29) is 17.1 Å². The Morgan fingerprint density at radius 1 is 1.00 bits per heavy atom. The molecule has 0 saturated carbocycles. The smallest absolute Gasteiger partial charge is 0.163 e. The van der Waals surface area contributed by atoms with E-state index in [0.717, 1.165) is 11.1 Å². The van der Waals surface area contributed by atoms with Gasteiger partial charge in [-0.05, 0) is 13.8 Å². The lowest BCUT2D eigenvalue weighted by Crippen LogP contribution is -1.99. The van der Waals surface area contributed by atoms with Crippen LogP contribution in [0.3, 0.4) is 0 Å². The summed E-state index contributed by atoms with van der Waals surface area (Å²) in [6, 6.07) is 9.22. The van der Waals surface area contributed by atoms with E-state index in [1.165, 1.54) is 13.8 Å². The topological polar surface area (TPSA) is 37.3 Å². The lowest BCUT2D eigenvalue weighted by Gasteiger charge is -2.05. The number of carbonyl (C=O) groups is 1. The van der Waals surface area contributed by atoms with Crippen LogP contribution in [0.5, 0.6) is 0 Å². The van der Waals surface area contributed by atoms with Crippen molar-refractivity contribution in [2.24, 2.45) is 0 Å². The molecule has 0 heterocycles. The van der Waals surface area contributed by atoms with Crippen molar-refractivity contribution in [2.75, 3.05) is 0 Å². The molecule has 19 heavy (non-hydrogen) atoms. The lowest BCUT2D eigenvalue weighted by molar-refractivity contribution is -0.111. The third kappa shape index (κ3) is 2.34. The molecule has 0 amide bonds. The van der Waals surface area contributed by atoms with Crippen molar-refractivity contribution in [3.8, 4) is 11.1 Å². The van der Waals surface area contributed by atoms with Crippen molar-refractivity contribution >= 4 is 34.6 Å². The van der Waals surface area contributed by atoms with E-state index in [2.05, 4.69) is 0 Å². The highest BCUT2D eigenvalue weighted by Gasteiger charge is 2.26. The van der Waals surface area contributed by atoms with E-state index >= 15 is 0 Å². The zero-order valence-electron chi connectivity index (χ0n) is 10.5. The summed E-state index contributed by atoms with van der Waals surface area (Å²) in [6.45, 7) is 2.82. The molecule has 98 valence electrons. The van der Waals surface area contributed by atoms with Gasteiger partial charge in [-0.1, -0.05) is 53.5 Å². The molecule has 0 fully saturated rings. The summed E-state index contributed by atoms with van der Waals surface area (Å²) >= 11 is 12.6. The Balaban J connectivity index is 2.87. The van der Waals surface area contributed by atoms with Crippen LogP contribution in [-0.2, 0) is 4.79 Å². The highest BCUT2D eigenvalue weighted by molar-refractivity contribution is 6.45. The number of ketones is 1. The molecule has 0 radical (unpaired) electrons.